The minimum Gasteiger partial charge on any atom is -0.480 e. The minimum absolute atomic E-state index is 0.0736. The number of hydrogen-bond donors (Lipinski definition) is 3. The predicted octanol–water partition coefficient (Wildman–Crippen LogP) is 1.74. The van der Waals surface area contributed by atoms with Gasteiger partial charge in [-0.25, -0.2) is 4.79 Å². The van der Waals surface area contributed by atoms with Gasteiger partial charge in [-0.15, -0.1) is 11.8 Å². The summed E-state index contributed by atoms with van der Waals surface area (Å²) in [5.74, 6) is -1.27. The summed E-state index contributed by atoms with van der Waals surface area (Å²) in [6.45, 7) is 5.99. The quantitative estimate of drug-likeness (QED) is 0.533. The number of nitrogens with zero attached hydrogens (tertiary/aromatic N) is 1. The third-order valence-corrected chi connectivity index (χ3v) is 4.08. The van der Waals surface area contributed by atoms with Crippen molar-refractivity contribution in [3.8, 4) is 0 Å². The maximum atomic E-state index is 12.0. The maximum absolute atomic E-state index is 12.0. The molecule has 0 radical (unpaired) electrons. The Labute approximate surface area is 128 Å². The molecule has 2 unspecified atom stereocenters. The number of hydrogen-bond acceptors (Lipinski definition) is 5. The highest BCUT2D eigenvalue weighted by molar-refractivity contribution is 8.05. The third-order valence-electron chi connectivity index (χ3n) is 2.48. The summed E-state index contributed by atoms with van der Waals surface area (Å²) in [6, 6.07) is -0.946. The lowest BCUT2D eigenvalue weighted by Gasteiger charge is -2.15. The highest BCUT2D eigenvalue weighted by Gasteiger charge is 2.28. The van der Waals surface area contributed by atoms with Gasteiger partial charge in [0.2, 0.25) is 5.91 Å². The van der Waals surface area contributed by atoms with E-state index in [1.54, 1.807) is 6.21 Å². The van der Waals surface area contributed by atoms with Crippen LogP contribution >= 0.6 is 24.4 Å². The Balaban J connectivity index is 2.52. The maximum Gasteiger partial charge on any atom is 0.327 e. The number of thioether (sulfide) groups is 1. The number of carbonyl (C=O) groups excluding carboxylic acids is 1. The predicted molar refractivity (Wildman–Crippen MR) is 85.7 cm³/mol. The van der Waals surface area contributed by atoms with Gasteiger partial charge >= 0.3 is 5.97 Å². The Morgan fingerprint density at radius 2 is 2.30 bits per heavy atom. The summed E-state index contributed by atoms with van der Waals surface area (Å²) in [5.41, 5.74) is -0.151. The zero-order chi connectivity index (χ0) is 15.3. The molecule has 1 heterocycles. The van der Waals surface area contributed by atoms with Crippen molar-refractivity contribution >= 4 is 42.5 Å². The second kappa shape index (κ2) is 7.17. The number of aliphatic carboxylic acids is 1. The second-order valence-corrected chi connectivity index (χ2v) is 7.10. The first-order valence-electron chi connectivity index (χ1n) is 6.29. The molecule has 2 N–H and O–H groups in total. The van der Waals surface area contributed by atoms with Crippen molar-refractivity contribution in [2.45, 2.75) is 44.0 Å². The Bertz CT molecular complexity index is 441. The van der Waals surface area contributed by atoms with Crippen LogP contribution in [0.25, 0.3) is 0 Å². The monoisotopic (exact) mass is 316 g/mol. The number of nitrogens with one attached hydrogen (secondary N) is 1. The molecule has 2 atom stereocenters. The van der Waals surface area contributed by atoms with Crippen molar-refractivity contribution < 1.29 is 14.7 Å². The number of amides is 1. The van der Waals surface area contributed by atoms with Crippen LogP contribution in [0.3, 0.4) is 0 Å². The molecule has 0 aliphatic carbocycles. The summed E-state index contributed by atoms with van der Waals surface area (Å²) >= 11 is 5.32. The summed E-state index contributed by atoms with van der Waals surface area (Å²) in [6.07, 6.45) is 4.30. The fraction of sp³-hybridized carbons (Fsp3) is 0.615. The summed E-state index contributed by atoms with van der Waals surface area (Å²) in [5, 5.41) is 11.1. The van der Waals surface area contributed by atoms with Crippen LogP contribution in [0.5, 0.6) is 0 Å². The SMILES string of the molecule is CC(C)(C)/N=C\C1=CCC(C(=O)NC(CS)C(=O)O)S1. The van der Waals surface area contributed by atoms with Crippen LogP contribution in [0.4, 0.5) is 0 Å². The topological polar surface area (TPSA) is 78.8 Å². The molecule has 0 fully saturated rings. The molecule has 7 heteroatoms. The van der Waals surface area contributed by atoms with Crippen molar-refractivity contribution in [1.29, 1.82) is 0 Å². The van der Waals surface area contributed by atoms with E-state index in [9.17, 15) is 9.59 Å². The number of aliphatic imine (C=N–C) groups is 1. The van der Waals surface area contributed by atoms with Gasteiger partial charge < -0.3 is 10.4 Å². The number of carboxylic acids is 1. The van der Waals surface area contributed by atoms with Gasteiger partial charge in [0.25, 0.3) is 0 Å². The fourth-order valence-corrected chi connectivity index (χ4v) is 2.68. The Hall–Kier alpha value is -0.950. The van der Waals surface area contributed by atoms with Crippen molar-refractivity contribution in [3.63, 3.8) is 0 Å². The van der Waals surface area contributed by atoms with Crippen LogP contribution in [0.2, 0.25) is 0 Å². The molecule has 1 aliphatic rings. The molecule has 0 aromatic carbocycles. The Morgan fingerprint density at radius 3 is 2.80 bits per heavy atom. The Kier molecular flexibility index (Phi) is 6.13. The number of carbonyl (C=O) groups is 2. The van der Waals surface area contributed by atoms with Gasteiger partial charge in [0, 0.05) is 16.9 Å². The van der Waals surface area contributed by atoms with Crippen molar-refractivity contribution in [1.82, 2.24) is 5.32 Å². The van der Waals surface area contributed by atoms with E-state index in [0.29, 0.717) is 6.42 Å². The molecule has 0 aromatic heterocycles. The van der Waals surface area contributed by atoms with E-state index in [2.05, 4.69) is 22.9 Å². The van der Waals surface area contributed by atoms with Crippen LogP contribution in [-0.4, -0.2) is 45.8 Å². The molecule has 0 spiro atoms. The lowest BCUT2D eigenvalue weighted by Crippen LogP contribution is -2.45. The molecule has 1 amide bonds. The van der Waals surface area contributed by atoms with E-state index in [4.69, 9.17) is 5.11 Å². The van der Waals surface area contributed by atoms with Gasteiger partial charge in [0.15, 0.2) is 0 Å². The van der Waals surface area contributed by atoms with E-state index >= 15 is 0 Å². The van der Waals surface area contributed by atoms with Crippen molar-refractivity contribution in [2.75, 3.05) is 5.75 Å². The number of carboxylic acid groups (broad SMARTS) is 1. The smallest absolute Gasteiger partial charge is 0.327 e. The van der Waals surface area contributed by atoms with Crippen LogP contribution < -0.4 is 5.32 Å². The van der Waals surface area contributed by atoms with E-state index in [1.165, 1.54) is 11.8 Å². The second-order valence-electron chi connectivity index (χ2n) is 5.46. The number of allylic oxidation sites excluding steroid dienone is 2. The molecule has 0 saturated carbocycles. The fourth-order valence-electron chi connectivity index (χ4n) is 1.43. The number of rotatable bonds is 5. The first-order chi connectivity index (χ1) is 9.23. The van der Waals surface area contributed by atoms with Gasteiger partial charge in [0.1, 0.15) is 6.04 Å². The largest absolute Gasteiger partial charge is 0.480 e. The average molecular weight is 316 g/mol. The molecular weight excluding hydrogens is 296 g/mol. The van der Waals surface area contributed by atoms with Crippen molar-refractivity contribution in [2.24, 2.45) is 4.99 Å². The lowest BCUT2D eigenvalue weighted by molar-refractivity contribution is -0.141. The van der Waals surface area contributed by atoms with E-state index in [-0.39, 0.29) is 22.4 Å². The lowest BCUT2D eigenvalue weighted by atomic mass is 10.1. The first kappa shape index (κ1) is 17.1. The zero-order valence-electron chi connectivity index (χ0n) is 11.8. The van der Waals surface area contributed by atoms with Gasteiger partial charge in [-0.05, 0) is 27.2 Å². The van der Waals surface area contributed by atoms with Crippen LogP contribution in [-0.2, 0) is 9.59 Å². The van der Waals surface area contributed by atoms with Gasteiger partial charge in [-0.3, -0.25) is 9.79 Å². The standard InChI is InChI=1S/C13H20N2O3S2/c1-13(2,3)14-6-8-4-5-10(20-8)11(16)15-9(7-19)12(17)18/h4,6,9-10,19H,5,7H2,1-3H3,(H,15,16)(H,17,18)/b14-6-. The molecule has 1 rings (SSSR count). The first-order valence-corrected chi connectivity index (χ1v) is 7.80. The molecular formula is C13H20N2O3S2. The third kappa shape index (κ3) is 5.58. The van der Waals surface area contributed by atoms with E-state index < -0.39 is 12.0 Å². The zero-order valence-corrected chi connectivity index (χ0v) is 13.5. The van der Waals surface area contributed by atoms with Gasteiger partial charge in [0.05, 0.1) is 10.8 Å². The van der Waals surface area contributed by atoms with Crippen LogP contribution in [0.1, 0.15) is 27.2 Å². The highest BCUT2D eigenvalue weighted by Crippen LogP contribution is 2.31. The molecule has 0 saturated heterocycles. The number of thiol groups is 1. The Morgan fingerprint density at radius 1 is 1.65 bits per heavy atom. The van der Waals surface area contributed by atoms with Crippen molar-refractivity contribution in [3.05, 3.63) is 11.0 Å². The highest BCUT2D eigenvalue weighted by atomic mass is 32.2. The molecule has 1 aliphatic heterocycles. The van der Waals surface area contributed by atoms with E-state index in [0.717, 1.165) is 4.91 Å². The summed E-state index contributed by atoms with van der Waals surface area (Å²) in [7, 11) is 0. The van der Waals surface area contributed by atoms with Crippen LogP contribution in [0.15, 0.2) is 16.0 Å². The van der Waals surface area contributed by atoms with Gasteiger partial charge in [-0.1, -0.05) is 6.08 Å². The normalized spacial score (nSPS) is 20.8. The molecule has 112 valence electrons. The van der Waals surface area contributed by atoms with Crippen LogP contribution in [0, 0.1) is 0 Å². The summed E-state index contributed by atoms with van der Waals surface area (Å²) in [4.78, 5) is 28.1. The minimum atomic E-state index is -1.07. The average Bonchev–Trinajstić information content (AvgIpc) is 2.80. The molecule has 0 bridgehead atoms. The summed E-state index contributed by atoms with van der Waals surface area (Å²) < 4.78 is 0. The molecule has 20 heavy (non-hydrogen) atoms. The molecule has 5 nitrogen and oxygen atoms in total. The molecule has 0 aromatic rings. The van der Waals surface area contributed by atoms with E-state index in [1.807, 2.05) is 26.8 Å². The van der Waals surface area contributed by atoms with Gasteiger partial charge in [-0.2, -0.15) is 12.6 Å².